The predicted octanol–water partition coefficient (Wildman–Crippen LogP) is 4.95. The lowest BCUT2D eigenvalue weighted by Crippen LogP contribution is -2.42. The molecule has 0 N–H and O–H groups in total. The molecule has 3 rings (SSSR count). The number of nitrogens with zero attached hydrogens (tertiary/aromatic N) is 3. The van der Waals surface area contributed by atoms with E-state index >= 15 is 0 Å². The first-order valence-corrected chi connectivity index (χ1v) is 11.8. The van der Waals surface area contributed by atoms with Crippen LogP contribution in [0.25, 0.3) is 0 Å². The number of carbonyl (C=O) groups excluding carboxylic acids is 1. The van der Waals surface area contributed by atoms with Gasteiger partial charge in [-0.1, -0.05) is 34.1 Å². The molecular formula is C23H37N3O2S. The lowest BCUT2D eigenvalue weighted by molar-refractivity contribution is -0.132. The molecule has 162 valence electrons. The smallest absolute Gasteiger partial charge is 0.253 e. The van der Waals surface area contributed by atoms with Crippen LogP contribution < -0.4 is 4.67 Å². The molecule has 2 atom stereocenters. The van der Waals surface area contributed by atoms with E-state index in [1.165, 1.54) is 5.56 Å². The first kappa shape index (κ1) is 22.3. The molecule has 0 radical (unpaired) electrons. The molecule has 1 fully saturated rings. The third-order valence-electron chi connectivity index (χ3n) is 7.00. The molecule has 0 spiro atoms. The summed E-state index contributed by atoms with van der Waals surface area (Å²) in [6.07, 6.45) is 7.16. The minimum absolute atomic E-state index is 0.00394. The lowest BCUT2D eigenvalue weighted by Gasteiger charge is -2.38. The highest BCUT2D eigenvalue weighted by molar-refractivity contribution is 7.04. The van der Waals surface area contributed by atoms with Crippen molar-refractivity contribution in [3.8, 4) is 0 Å². The number of rotatable bonds is 5. The van der Waals surface area contributed by atoms with Gasteiger partial charge >= 0.3 is 0 Å². The van der Waals surface area contributed by atoms with E-state index in [1.807, 2.05) is 0 Å². The van der Waals surface area contributed by atoms with Gasteiger partial charge in [-0.05, 0) is 63.4 Å². The van der Waals surface area contributed by atoms with Crippen LogP contribution in [0.1, 0.15) is 79.7 Å². The number of hydrogen-bond acceptors (Lipinski definition) is 4. The Kier molecular flexibility index (Phi) is 6.15. The van der Waals surface area contributed by atoms with Crippen molar-refractivity contribution in [1.29, 1.82) is 0 Å². The standard InChI is InChI=1S/C23H37N3O2S/c1-8-9-10-16-15-26(21(2,3)4)29-19(16)25-20(27)23(7)12-11-17(22(23,5)6)18-24-13-14-28-18/h15,17H,8-14H2,1-7H3. The second-order valence-electron chi connectivity index (χ2n) is 10.3. The number of unbranched alkanes of at least 4 members (excludes halogenated alkanes) is 1. The molecule has 5 nitrogen and oxygen atoms in total. The summed E-state index contributed by atoms with van der Waals surface area (Å²) in [5.74, 6) is 1.04. The lowest BCUT2D eigenvalue weighted by atomic mass is 9.65. The van der Waals surface area contributed by atoms with Crippen molar-refractivity contribution in [2.45, 2.75) is 86.1 Å². The third-order valence-corrected chi connectivity index (χ3v) is 8.38. The van der Waals surface area contributed by atoms with E-state index in [2.05, 4.69) is 63.6 Å². The van der Waals surface area contributed by atoms with Crippen molar-refractivity contribution in [3.63, 3.8) is 0 Å². The molecule has 1 amide bonds. The average Bonchev–Trinajstić information content (AvgIpc) is 3.33. The topological polar surface area (TPSA) is 56.0 Å². The summed E-state index contributed by atoms with van der Waals surface area (Å²) in [5, 5.41) is 0. The zero-order valence-electron chi connectivity index (χ0n) is 19.2. The fourth-order valence-corrected chi connectivity index (χ4v) is 5.47. The summed E-state index contributed by atoms with van der Waals surface area (Å²) >= 11 is 1.61. The molecule has 1 aromatic rings. The van der Waals surface area contributed by atoms with Gasteiger partial charge in [0.2, 0.25) is 0 Å². The minimum Gasteiger partial charge on any atom is -0.479 e. The average molecular weight is 420 g/mol. The number of carbonyl (C=O) groups is 1. The first-order chi connectivity index (χ1) is 13.5. The van der Waals surface area contributed by atoms with Gasteiger partial charge in [-0.15, -0.1) is 0 Å². The SMILES string of the molecule is CCCCc1cn(C(C)(C)C)sc1=NC(=O)C1(C)CCC(C2=NCCO2)C1(C)C. The Morgan fingerprint density at radius 2 is 2.10 bits per heavy atom. The van der Waals surface area contributed by atoms with Crippen LogP contribution >= 0.6 is 11.5 Å². The van der Waals surface area contributed by atoms with Crippen LogP contribution in [0.2, 0.25) is 0 Å². The Morgan fingerprint density at radius 3 is 2.69 bits per heavy atom. The highest BCUT2D eigenvalue weighted by atomic mass is 32.1. The fourth-order valence-electron chi connectivity index (χ4n) is 4.43. The second kappa shape index (κ2) is 8.01. The maximum atomic E-state index is 13.5. The summed E-state index contributed by atoms with van der Waals surface area (Å²) in [7, 11) is 0. The Morgan fingerprint density at radius 1 is 1.38 bits per heavy atom. The quantitative estimate of drug-likeness (QED) is 0.678. The number of amides is 1. The number of aromatic nitrogens is 1. The molecular weight excluding hydrogens is 382 g/mol. The number of ether oxygens (including phenoxy) is 1. The van der Waals surface area contributed by atoms with Crippen LogP contribution in [0.4, 0.5) is 0 Å². The molecule has 0 aromatic carbocycles. The number of hydrogen-bond donors (Lipinski definition) is 0. The van der Waals surface area contributed by atoms with Gasteiger partial charge in [0.1, 0.15) is 11.3 Å². The largest absolute Gasteiger partial charge is 0.479 e. The molecule has 2 aliphatic rings. The van der Waals surface area contributed by atoms with Crippen molar-refractivity contribution in [3.05, 3.63) is 16.4 Å². The van der Waals surface area contributed by atoms with Crippen LogP contribution in [0.5, 0.6) is 0 Å². The Bertz CT molecular complexity index is 856. The van der Waals surface area contributed by atoms with Crippen molar-refractivity contribution in [2.24, 2.45) is 26.7 Å². The van der Waals surface area contributed by atoms with Crippen molar-refractivity contribution in [2.75, 3.05) is 13.2 Å². The number of aliphatic imine (C=N–C) groups is 1. The molecule has 2 heterocycles. The van der Waals surface area contributed by atoms with Crippen molar-refractivity contribution in [1.82, 2.24) is 3.96 Å². The van der Waals surface area contributed by atoms with Gasteiger partial charge in [0.25, 0.3) is 5.91 Å². The highest BCUT2D eigenvalue weighted by Gasteiger charge is 2.58. The maximum Gasteiger partial charge on any atom is 0.253 e. The Balaban J connectivity index is 1.96. The predicted molar refractivity (Wildman–Crippen MR) is 119 cm³/mol. The van der Waals surface area contributed by atoms with Gasteiger partial charge in [0.05, 0.1) is 12.0 Å². The van der Waals surface area contributed by atoms with Gasteiger partial charge in [-0.25, -0.2) is 4.99 Å². The van der Waals surface area contributed by atoms with Gasteiger partial charge < -0.3 is 4.74 Å². The van der Waals surface area contributed by atoms with Crippen LogP contribution in [-0.4, -0.2) is 28.9 Å². The zero-order chi connectivity index (χ0) is 21.4. The van der Waals surface area contributed by atoms with E-state index in [0.29, 0.717) is 6.61 Å². The fraction of sp³-hybridized carbons (Fsp3) is 0.783. The van der Waals surface area contributed by atoms with Crippen LogP contribution in [0, 0.1) is 16.7 Å². The Hall–Kier alpha value is -1.43. The summed E-state index contributed by atoms with van der Waals surface area (Å²) < 4.78 is 8.89. The van der Waals surface area contributed by atoms with Crippen LogP contribution in [0.3, 0.4) is 0 Å². The van der Waals surface area contributed by atoms with E-state index in [1.54, 1.807) is 11.5 Å². The summed E-state index contributed by atoms with van der Waals surface area (Å²) in [6, 6.07) is 0. The van der Waals surface area contributed by atoms with E-state index in [-0.39, 0.29) is 22.8 Å². The summed E-state index contributed by atoms with van der Waals surface area (Å²) in [6.45, 7) is 16.6. The molecule has 0 saturated heterocycles. The summed E-state index contributed by atoms with van der Waals surface area (Å²) in [5.41, 5.74) is 0.434. The molecule has 1 aromatic heterocycles. The maximum absolute atomic E-state index is 13.5. The molecule has 1 aliphatic carbocycles. The van der Waals surface area contributed by atoms with E-state index < -0.39 is 5.41 Å². The third kappa shape index (κ3) is 4.10. The molecule has 6 heteroatoms. The summed E-state index contributed by atoms with van der Waals surface area (Å²) in [4.78, 5) is 22.8. The molecule has 2 unspecified atom stereocenters. The van der Waals surface area contributed by atoms with E-state index in [0.717, 1.165) is 49.2 Å². The van der Waals surface area contributed by atoms with E-state index in [9.17, 15) is 4.79 Å². The van der Waals surface area contributed by atoms with Crippen LogP contribution in [-0.2, 0) is 21.5 Å². The first-order valence-electron chi connectivity index (χ1n) is 11.0. The molecule has 1 saturated carbocycles. The second-order valence-corrected chi connectivity index (χ2v) is 11.2. The molecule has 1 aliphatic heterocycles. The van der Waals surface area contributed by atoms with Crippen molar-refractivity contribution < 1.29 is 9.53 Å². The highest BCUT2D eigenvalue weighted by Crippen LogP contribution is 2.57. The normalized spacial score (nSPS) is 27.2. The monoisotopic (exact) mass is 419 g/mol. The van der Waals surface area contributed by atoms with Crippen LogP contribution in [0.15, 0.2) is 16.2 Å². The Labute approximate surface area is 179 Å². The van der Waals surface area contributed by atoms with E-state index in [4.69, 9.17) is 9.73 Å². The minimum atomic E-state index is -0.509. The van der Waals surface area contributed by atoms with Gasteiger partial charge in [0.15, 0.2) is 5.90 Å². The van der Waals surface area contributed by atoms with Gasteiger partial charge in [-0.2, -0.15) is 0 Å². The number of aryl methyl sites for hydroxylation is 1. The molecule has 29 heavy (non-hydrogen) atoms. The van der Waals surface area contributed by atoms with Gasteiger partial charge in [-0.3, -0.25) is 13.7 Å². The van der Waals surface area contributed by atoms with Gasteiger partial charge in [0, 0.05) is 23.2 Å². The van der Waals surface area contributed by atoms with Crippen molar-refractivity contribution >= 4 is 23.3 Å². The zero-order valence-corrected chi connectivity index (χ0v) is 20.0. The molecule has 0 bridgehead atoms.